The molecular formula is C6H5ClN4. The van der Waals surface area contributed by atoms with Gasteiger partial charge in [-0.25, -0.2) is 4.52 Å². The quantitative estimate of drug-likeness (QED) is 0.592. The van der Waals surface area contributed by atoms with Crippen molar-refractivity contribution >= 4 is 17.2 Å². The summed E-state index contributed by atoms with van der Waals surface area (Å²) < 4.78 is 1.65. The highest BCUT2D eigenvalue weighted by Gasteiger charge is 2.02. The lowest BCUT2D eigenvalue weighted by Crippen LogP contribution is -1.98. The molecule has 0 unspecified atom stereocenters. The summed E-state index contributed by atoms with van der Waals surface area (Å²) in [4.78, 5) is 0. The molecule has 0 spiro atoms. The van der Waals surface area contributed by atoms with Crippen LogP contribution in [0.1, 0.15) is 5.69 Å². The van der Waals surface area contributed by atoms with Crippen molar-refractivity contribution in [3.05, 3.63) is 23.1 Å². The molecule has 0 saturated carbocycles. The van der Waals surface area contributed by atoms with Crippen LogP contribution in [0.25, 0.3) is 5.65 Å². The number of nitrogens with zero attached hydrogens (tertiary/aromatic N) is 4. The van der Waals surface area contributed by atoms with Crippen LogP contribution in [0.15, 0.2) is 12.3 Å². The lowest BCUT2D eigenvalue weighted by molar-refractivity contribution is 0.850. The lowest BCUT2D eigenvalue weighted by atomic mass is 10.5. The monoisotopic (exact) mass is 168 g/mol. The van der Waals surface area contributed by atoms with E-state index in [9.17, 15) is 0 Å². The summed E-state index contributed by atoms with van der Waals surface area (Å²) in [5, 5.41) is 12.0. The molecule has 0 radical (unpaired) electrons. The Morgan fingerprint density at radius 1 is 1.45 bits per heavy atom. The first-order chi connectivity index (χ1) is 5.29. The molecule has 0 fully saturated rings. The van der Waals surface area contributed by atoms with Crippen LogP contribution >= 0.6 is 11.6 Å². The average Bonchev–Trinajstić information content (AvgIpc) is 2.45. The number of aromatic nitrogens is 4. The SMILES string of the molecule is Cc1c(Cl)nnc2ccnn12. The molecule has 0 aromatic carbocycles. The van der Waals surface area contributed by atoms with E-state index >= 15 is 0 Å². The van der Waals surface area contributed by atoms with Gasteiger partial charge in [0.2, 0.25) is 0 Å². The van der Waals surface area contributed by atoms with E-state index < -0.39 is 0 Å². The standard InChI is InChI=1S/C6H5ClN4/c1-4-6(7)10-9-5-2-3-8-11(4)5/h2-3H,1H3. The Hall–Kier alpha value is -1.16. The normalized spacial score (nSPS) is 10.7. The number of rotatable bonds is 0. The van der Waals surface area contributed by atoms with Crippen molar-refractivity contribution in [1.82, 2.24) is 19.8 Å². The van der Waals surface area contributed by atoms with E-state index in [-0.39, 0.29) is 0 Å². The van der Waals surface area contributed by atoms with Crippen molar-refractivity contribution in [2.24, 2.45) is 0 Å². The van der Waals surface area contributed by atoms with Crippen LogP contribution in [-0.2, 0) is 0 Å². The molecule has 56 valence electrons. The maximum atomic E-state index is 5.71. The van der Waals surface area contributed by atoms with Crippen LogP contribution in [0.5, 0.6) is 0 Å². The Balaban J connectivity index is 2.93. The van der Waals surface area contributed by atoms with Gasteiger partial charge in [0, 0.05) is 6.07 Å². The van der Waals surface area contributed by atoms with Gasteiger partial charge in [-0.1, -0.05) is 11.6 Å². The van der Waals surface area contributed by atoms with Gasteiger partial charge in [0.15, 0.2) is 10.8 Å². The van der Waals surface area contributed by atoms with Gasteiger partial charge < -0.3 is 0 Å². The summed E-state index contributed by atoms with van der Waals surface area (Å²) in [6.45, 7) is 1.84. The molecule has 0 aliphatic carbocycles. The first-order valence-corrected chi connectivity index (χ1v) is 3.49. The van der Waals surface area contributed by atoms with Crippen molar-refractivity contribution in [3.63, 3.8) is 0 Å². The zero-order valence-corrected chi connectivity index (χ0v) is 6.58. The Morgan fingerprint density at radius 2 is 2.27 bits per heavy atom. The molecule has 0 aliphatic heterocycles. The Morgan fingerprint density at radius 3 is 3.09 bits per heavy atom. The molecule has 2 rings (SSSR count). The van der Waals surface area contributed by atoms with Gasteiger partial charge in [0.25, 0.3) is 0 Å². The molecule has 0 saturated heterocycles. The third kappa shape index (κ3) is 0.867. The zero-order chi connectivity index (χ0) is 7.84. The lowest BCUT2D eigenvalue weighted by Gasteiger charge is -1.97. The third-order valence-electron chi connectivity index (χ3n) is 1.48. The van der Waals surface area contributed by atoms with E-state index in [4.69, 9.17) is 11.6 Å². The molecule has 4 nitrogen and oxygen atoms in total. The predicted octanol–water partition coefficient (Wildman–Crippen LogP) is 1.09. The second kappa shape index (κ2) is 2.17. The Bertz CT molecular complexity index is 394. The maximum absolute atomic E-state index is 5.71. The number of hydrogen-bond acceptors (Lipinski definition) is 3. The minimum absolute atomic E-state index is 0.390. The molecule has 0 aliphatic rings. The van der Waals surface area contributed by atoms with E-state index in [1.807, 2.05) is 6.92 Å². The molecule has 0 bridgehead atoms. The molecule has 0 atom stereocenters. The van der Waals surface area contributed by atoms with Crippen molar-refractivity contribution in [2.75, 3.05) is 0 Å². The summed E-state index contributed by atoms with van der Waals surface area (Å²) in [5.74, 6) is 0. The second-order valence-electron chi connectivity index (χ2n) is 2.18. The van der Waals surface area contributed by atoms with E-state index in [1.54, 1.807) is 16.8 Å². The van der Waals surface area contributed by atoms with Crippen molar-refractivity contribution < 1.29 is 0 Å². The fourth-order valence-electron chi connectivity index (χ4n) is 0.885. The third-order valence-corrected chi connectivity index (χ3v) is 1.83. The van der Waals surface area contributed by atoms with Gasteiger partial charge in [-0.2, -0.15) is 5.10 Å². The molecule has 0 amide bonds. The van der Waals surface area contributed by atoms with Crippen LogP contribution in [0.2, 0.25) is 5.15 Å². The molecule has 11 heavy (non-hydrogen) atoms. The van der Waals surface area contributed by atoms with Gasteiger partial charge in [-0.15, -0.1) is 10.2 Å². The Labute approximate surface area is 67.8 Å². The van der Waals surface area contributed by atoms with Crippen molar-refractivity contribution in [2.45, 2.75) is 6.92 Å². The number of halogens is 1. The van der Waals surface area contributed by atoms with E-state index in [1.165, 1.54) is 0 Å². The van der Waals surface area contributed by atoms with Crippen LogP contribution < -0.4 is 0 Å². The van der Waals surface area contributed by atoms with Crippen molar-refractivity contribution in [1.29, 1.82) is 0 Å². The van der Waals surface area contributed by atoms with Gasteiger partial charge in [0.05, 0.1) is 11.9 Å². The van der Waals surface area contributed by atoms with E-state index in [0.29, 0.717) is 10.8 Å². The largest absolute Gasteiger partial charge is 0.215 e. The summed E-state index contributed by atoms with van der Waals surface area (Å²) in [6, 6.07) is 1.77. The minimum atomic E-state index is 0.390. The Kier molecular flexibility index (Phi) is 1.29. The highest BCUT2D eigenvalue weighted by atomic mass is 35.5. The fourth-order valence-corrected chi connectivity index (χ4v) is 1.00. The molecule has 2 aromatic heterocycles. The van der Waals surface area contributed by atoms with E-state index in [0.717, 1.165) is 5.69 Å². The maximum Gasteiger partial charge on any atom is 0.177 e. The summed E-state index contributed by atoms with van der Waals surface area (Å²) >= 11 is 5.71. The molecule has 2 aromatic rings. The van der Waals surface area contributed by atoms with Gasteiger partial charge in [0.1, 0.15) is 0 Å². The topological polar surface area (TPSA) is 43.1 Å². The summed E-state index contributed by atoms with van der Waals surface area (Å²) in [6.07, 6.45) is 1.66. The van der Waals surface area contributed by atoms with Gasteiger partial charge in [-0.05, 0) is 6.92 Å². The highest BCUT2D eigenvalue weighted by molar-refractivity contribution is 6.29. The molecule has 2 heterocycles. The van der Waals surface area contributed by atoms with Crippen LogP contribution in [0, 0.1) is 6.92 Å². The van der Waals surface area contributed by atoms with Gasteiger partial charge in [-0.3, -0.25) is 0 Å². The summed E-state index contributed by atoms with van der Waals surface area (Å²) in [7, 11) is 0. The number of fused-ring (bicyclic) bond motifs is 1. The highest BCUT2D eigenvalue weighted by Crippen LogP contribution is 2.10. The van der Waals surface area contributed by atoms with Crippen LogP contribution in [0.4, 0.5) is 0 Å². The second-order valence-corrected chi connectivity index (χ2v) is 2.54. The molecule has 0 N–H and O–H groups in total. The first kappa shape index (κ1) is 6.54. The number of hydrogen-bond donors (Lipinski definition) is 0. The van der Waals surface area contributed by atoms with Crippen molar-refractivity contribution in [3.8, 4) is 0 Å². The van der Waals surface area contributed by atoms with Crippen LogP contribution in [-0.4, -0.2) is 19.8 Å². The minimum Gasteiger partial charge on any atom is -0.215 e. The average molecular weight is 169 g/mol. The fraction of sp³-hybridized carbons (Fsp3) is 0.167. The van der Waals surface area contributed by atoms with Gasteiger partial charge >= 0.3 is 0 Å². The molecular weight excluding hydrogens is 164 g/mol. The predicted molar refractivity (Wildman–Crippen MR) is 40.5 cm³/mol. The summed E-state index contributed by atoms with van der Waals surface area (Å²) in [5.41, 5.74) is 1.52. The van der Waals surface area contributed by atoms with E-state index in [2.05, 4.69) is 15.3 Å². The number of aryl methyl sites for hydroxylation is 1. The molecule has 5 heteroatoms. The van der Waals surface area contributed by atoms with Crippen LogP contribution in [0.3, 0.4) is 0 Å². The smallest absolute Gasteiger partial charge is 0.177 e. The zero-order valence-electron chi connectivity index (χ0n) is 5.82. The first-order valence-electron chi connectivity index (χ1n) is 3.11.